The molecule has 0 radical (unpaired) electrons. The van der Waals surface area contributed by atoms with E-state index in [9.17, 15) is 4.79 Å². The minimum absolute atomic E-state index is 0.0444. The lowest BCUT2D eigenvalue weighted by Crippen LogP contribution is -2.32. The van der Waals surface area contributed by atoms with Gasteiger partial charge in [-0.2, -0.15) is 9.97 Å². The average Bonchev–Trinajstić information content (AvgIpc) is 3.70. The highest BCUT2D eigenvalue weighted by atomic mass is 35.5. The van der Waals surface area contributed by atoms with Crippen molar-refractivity contribution in [2.75, 3.05) is 13.2 Å². The van der Waals surface area contributed by atoms with E-state index in [4.69, 9.17) is 25.8 Å². The number of aromatic nitrogens is 5. The molecule has 0 amide bonds. The molecule has 3 atom stereocenters. The Morgan fingerprint density at radius 3 is 2.51 bits per heavy atom. The van der Waals surface area contributed by atoms with Crippen LogP contribution in [0.3, 0.4) is 0 Å². The fraction of sp³-hybridized carbons (Fsp3) is 0.222. The minimum Gasteiger partial charge on any atom is -0.456 e. The molecule has 2 N–H and O–H groups in total. The number of rotatable bonds is 5. The maximum absolute atomic E-state index is 11.3. The summed E-state index contributed by atoms with van der Waals surface area (Å²) in [5.74, 6) is 0. The van der Waals surface area contributed by atoms with Crippen LogP contribution in [-0.4, -0.2) is 56.3 Å². The zero-order valence-electron chi connectivity index (χ0n) is 19.6. The van der Waals surface area contributed by atoms with Crippen molar-refractivity contribution in [3.63, 3.8) is 0 Å². The molecule has 10 heteroatoms. The number of hydrogen-bond acceptors (Lipinski definition) is 6. The molecule has 2 fully saturated rings. The molecular weight excluding hydrogens is 494 g/mol. The number of aromatic amines is 2. The predicted molar refractivity (Wildman–Crippen MR) is 138 cm³/mol. The average molecular weight is 516 g/mol. The normalized spacial score (nSPS) is 20.9. The van der Waals surface area contributed by atoms with Gasteiger partial charge in [0.15, 0.2) is 6.10 Å². The quantitative estimate of drug-likeness (QED) is 0.360. The lowest BCUT2D eigenvalue weighted by atomic mass is 10.00. The molecular formula is C27H22ClN5O4. The van der Waals surface area contributed by atoms with Crippen molar-refractivity contribution in [3.8, 4) is 34.0 Å². The first-order valence-electron chi connectivity index (χ1n) is 12.0. The summed E-state index contributed by atoms with van der Waals surface area (Å²) in [6, 6.07) is 20.3. The number of benzene rings is 3. The predicted octanol–water partition coefficient (Wildman–Crippen LogP) is 4.36. The molecule has 9 nitrogen and oxygen atoms in total. The van der Waals surface area contributed by atoms with E-state index in [0.29, 0.717) is 24.2 Å². The van der Waals surface area contributed by atoms with Gasteiger partial charge in [-0.15, -0.1) is 0 Å². The van der Waals surface area contributed by atoms with E-state index in [-0.39, 0.29) is 24.0 Å². The topological polar surface area (TPSA) is 107 Å². The Hall–Kier alpha value is -3.92. The van der Waals surface area contributed by atoms with Gasteiger partial charge in [-0.25, -0.2) is 14.6 Å². The molecule has 0 bridgehead atoms. The third kappa shape index (κ3) is 4.11. The smallest absolute Gasteiger partial charge is 0.361 e. The molecule has 186 valence electrons. The highest BCUT2D eigenvalue weighted by molar-refractivity contribution is 6.34. The summed E-state index contributed by atoms with van der Waals surface area (Å²) in [6.45, 7) is 1.20. The van der Waals surface area contributed by atoms with Gasteiger partial charge in [0.2, 0.25) is 0 Å². The minimum atomic E-state index is -0.379. The van der Waals surface area contributed by atoms with Crippen molar-refractivity contribution in [1.29, 1.82) is 0 Å². The van der Waals surface area contributed by atoms with Gasteiger partial charge in [-0.3, -0.25) is 0 Å². The van der Waals surface area contributed by atoms with Gasteiger partial charge in [0.05, 0.1) is 34.5 Å². The van der Waals surface area contributed by atoms with E-state index < -0.39 is 0 Å². The van der Waals surface area contributed by atoms with Crippen LogP contribution in [0.1, 0.15) is 6.42 Å². The molecule has 4 heterocycles. The Kier molecular flexibility index (Phi) is 5.35. The van der Waals surface area contributed by atoms with E-state index in [1.165, 1.54) is 6.33 Å². The third-order valence-electron chi connectivity index (χ3n) is 6.91. The summed E-state index contributed by atoms with van der Waals surface area (Å²) >= 11 is 6.66. The molecule has 0 saturated carbocycles. The van der Waals surface area contributed by atoms with Crippen molar-refractivity contribution in [2.45, 2.75) is 24.7 Å². The van der Waals surface area contributed by atoms with Crippen molar-refractivity contribution in [3.05, 3.63) is 82.5 Å². The molecule has 7 rings (SSSR count). The van der Waals surface area contributed by atoms with Crippen LogP contribution in [0.2, 0.25) is 5.02 Å². The van der Waals surface area contributed by atoms with Gasteiger partial charge < -0.3 is 19.2 Å². The first kappa shape index (κ1) is 22.3. The lowest BCUT2D eigenvalue weighted by Gasteiger charge is -2.15. The van der Waals surface area contributed by atoms with Gasteiger partial charge in [0.25, 0.3) is 6.01 Å². The second-order valence-electron chi connectivity index (χ2n) is 9.20. The highest BCUT2D eigenvalue weighted by Crippen LogP contribution is 2.35. The Bertz CT molecular complexity index is 1640. The van der Waals surface area contributed by atoms with Crippen LogP contribution >= 0.6 is 11.6 Å². The highest BCUT2D eigenvalue weighted by Gasteiger charge is 2.43. The Morgan fingerprint density at radius 1 is 1.00 bits per heavy atom. The summed E-state index contributed by atoms with van der Waals surface area (Å²) < 4.78 is 19.2. The van der Waals surface area contributed by atoms with Crippen LogP contribution in [0, 0.1) is 0 Å². The molecule has 2 saturated heterocycles. The fourth-order valence-corrected chi connectivity index (χ4v) is 5.29. The Morgan fingerprint density at radius 2 is 1.76 bits per heavy atom. The van der Waals surface area contributed by atoms with Crippen molar-refractivity contribution in [1.82, 2.24) is 24.7 Å². The first-order valence-corrected chi connectivity index (χ1v) is 12.4. The first-order chi connectivity index (χ1) is 18.1. The molecule has 2 aliphatic heterocycles. The van der Waals surface area contributed by atoms with Crippen LogP contribution < -0.4 is 10.4 Å². The SMILES string of the molecule is O=c1ncn(-c2ccc(-c3ccc(-c4cc5nc(O[C@@H]6COC7CCOC76)[nH]c5cc4Cl)cc3)cc2)[nH]1. The molecule has 37 heavy (non-hydrogen) atoms. The molecule has 0 aliphatic carbocycles. The number of hydrogen-bond donors (Lipinski definition) is 2. The van der Waals surface area contributed by atoms with Crippen LogP contribution in [0.5, 0.6) is 6.01 Å². The van der Waals surface area contributed by atoms with Crippen LogP contribution in [-0.2, 0) is 9.47 Å². The number of halogens is 1. The van der Waals surface area contributed by atoms with Gasteiger partial charge in [0.1, 0.15) is 12.4 Å². The van der Waals surface area contributed by atoms with Gasteiger partial charge >= 0.3 is 5.69 Å². The van der Waals surface area contributed by atoms with Crippen molar-refractivity contribution >= 4 is 22.6 Å². The molecule has 2 aromatic heterocycles. The zero-order valence-corrected chi connectivity index (χ0v) is 20.3. The molecule has 2 aliphatic rings. The second-order valence-corrected chi connectivity index (χ2v) is 9.61. The number of nitrogens with zero attached hydrogens (tertiary/aromatic N) is 3. The van der Waals surface area contributed by atoms with E-state index in [0.717, 1.165) is 45.4 Å². The lowest BCUT2D eigenvalue weighted by molar-refractivity contribution is 0.0273. The maximum atomic E-state index is 11.3. The fourth-order valence-electron chi connectivity index (χ4n) is 5.02. The largest absolute Gasteiger partial charge is 0.456 e. The third-order valence-corrected chi connectivity index (χ3v) is 7.23. The van der Waals surface area contributed by atoms with Gasteiger partial charge in [-0.1, -0.05) is 48.0 Å². The number of nitrogens with one attached hydrogen (secondary N) is 2. The standard InChI is InChI=1S/C27H22ClN5O4/c28-20-12-22-21(30-27(31-22)37-24-13-36-23-9-10-35-25(23)24)11-19(20)17-3-1-15(2-4-17)16-5-7-18(8-6-16)33-14-29-26(34)32-33/h1-8,11-12,14,23-25H,9-10,13H2,(H,30,31)(H,32,34)/t23?,24-,25?/m1/s1. The van der Waals surface area contributed by atoms with Crippen LogP contribution in [0.4, 0.5) is 0 Å². The summed E-state index contributed by atoms with van der Waals surface area (Å²) in [5, 5.41) is 3.26. The van der Waals surface area contributed by atoms with Gasteiger partial charge in [0, 0.05) is 12.2 Å². The van der Waals surface area contributed by atoms with Crippen LogP contribution in [0.25, 0.3) is 39.0 Å². The van der Waals surface area contributed by atoms with Crippen molar-refractivity contribution in [2.24, 2.45) is 0 Å². The maximum Gasteiger partial charge on any atom is 0.361 e. The summed E-state index contributed by atoms with van der Waals surface area (Å²) in [6.07, 6.45) is 2.26. The summed E-state index contributed by atoms with van der Waals surface area (Å²) in [4.78, 5) is 22.8. The van der Waals surface area contributed by atoms with E-state index in [1.54, 1.807) is 4.68 Å². The zero-order chi connectivity index (χ0) is 24.9. The number of ether oxygens (including phenoxy) is 3. The van der Waals surface area contributed by atoms with E-state index in [1.807, 2.05) is 48.5 Å². The molecule has 2 unspecified atom stereocenters. The Labute approximate surface area is 216 Å². The monoisotopic (exact) mass is 515 g/mol. The Balaban J connectivity index is 1.12. The van der Waals surface area contributed by atoms with E-state index >= 15 is 0 Å². The van der Waals surface area contributed by atoms with E-state index in [2.05, 4.69) is 32.2 Å². The van der Waals surface area contributed by atoms with Crippen LogP contribution in [0.15, 0.2) is 71.8 Å². The molecule has 0 spiro atoms. The number of fused-ring (bicyclic) bond motifs is 2. The van der Waals surface area contributed by atoms with Crippen molar-refractivity contribution < 1.29 is 14.2 Å². The molecule has 3 aromatic carbocycles. The molecule has 5 aromatic rings. The number of imidazole rings is 1. The van der Waals surface area contributed by atoms with Gasteiger partial charge in [-0.05, 0) is 47.4 Å². The summed E-state index contributed by atoms with van der Waals surface area (Å²) in [5.41, 5.74) is 6.02. The summed E-state index contributed by atoms with van der Waals surface area (Å²) in [7, 11) is 0. The number of H-pyrrole nitrogens is 2. The second kappa shape index (κ2) is 8.88.